The first-order valence-electron chi connectivity index (χ1n) is 8.26. The largest absolute Gasteiger partial charge is 0.491 e. The number of thiocarbonyl (C=S) groups is 1. The van der Waals surface area contributed by atoms with Gasteiger partial charge in [-0.05, 0) is 70.1 Å². The number of nitrogens with one attached hydrogen (secondary N) is 2. The highest BCUT2D eigenvalue weighted by molar-refractivity contribution is 7.80. The Hall–Kier alpha value is -2.07. The fourth-order valence-electron chi connectivity index (χ4n) is 2.67. The van der Waals surface area contributed by atoms with Gasteiger partial charge in [-0.3, -0.25) is 0 Å². The lowest BCUT2D eigenvalue weighted by atomic mass is 10.0. The normalized spacial score (nSPS) is 11.9. The van der Waals surface area contributed by atoms with Gasteiger partial charge >= 0.3 is 0 Å². The number of anilines is 1. The Morgan fingerprint density at radius 1 is 1.04 bits per heavy atom. The standard InChI is InChI=1S/C20H26N2OS/c1-13(2)23-18-8-6-7-17(12-18)22-20(24)21-16(5)19-10-9-14(3)11-15(19)4/h6-13,16H,1-5H3,(H2,21,22,24). The molecule has 0 fully saturated rings. The van der Waals surface area contributed by atoms with E-state index in [0.717, 1.165) is 11.4 Å². The molecule has 3 nitrogen and oxygen atoms in total. The maximum absolute atomic E-state index is 5.71. The molecule has 0 aliphatic heterocycles. The van der Waals surface area contributed by atoms with Crippen LogP contribution in [0, 0.1) is 13.8 Å². The summed E-state index contributed by atoms with van der Waals surface area (Å²) in [4.78, 5) is 0. The molecule has 0 saturated heterocycles. The summed E-state index contributed by atoms with van der Waals surface area (Å²) in [6.07, 6.45) is 0.148. The highest BCUT2D eigenvalue weighted by Crippen LogP contribution is 2.20. The minimum Gasteiger partial charge on any atom is -0.491 e. The smallest absolute Gasteiger partial charge is 0.171 e. The Kier molecular flexibility index (Phi) is 6.21. The number of hydrogen-bond acceptors (Lipinski definition) is 2. The van der Waals surface area contributed by atoms with E-state index in [1.54, 1.807) is 0 Å². The zero-order valence-corrected chi connectivity index (χ0v) is 15.8. The number of aryl methyl sites for hydroxylation is 2. The summed E-state index contributed by atoms with van der Waals surface area (Å²) in [5.41, 5.74) is 4.70. The van der Waals surface area contributed by atoms with E-state index in [1.807, 2.05) is 38.1 Å². The molecular weight excluding hydrogens is 316 g/mol. The van der Waals surface area contributed by atoms with E-state index in [0.29, 0.717) is 5.11 Å². The zero-order chi connectivity index (χ0) is 17.7. The number of rotatable bonds is 5. The quantitative estimate of drug-likeness (QED) is 0.737. The third-order valence-electron chi connectivity index (χ3n) is 3.70. The summed E-state index contributed by atoms with van der Waals surface area (Å²) >= 11 is 5.45. The van der Waals surface area contributed by atoms with Crippen molar-refractivity contribution < 1.29 is 4.74 Å². The predicted octanol–water partition coefficient (Wildman–Crippen LogP) is 5.14. The first-order chi connectivity index (χ1) is 11.3. The van der Waals surface area contributed by atoms with Gasteiger partial charge in [0.05, 0.1) is 12.1 Å². The van der Waals surface area contributed by atoms with Gasteiger partial charge in [-0.25, -0.2) is 0 Å². The average molecular weight is 343 g/mol. The lowest BCUT2D eigenvalue weighted by molar-refractivity contribution is 0.242. The van der Waals surface area contributed by atoms with E-state index in [4.69, 9.17) is 17.0 Å². The molecule has 0 aliphatic carbocycles. The van der Waals surface area contributed by atoms with Crippen LogP contribution in [-0.4, -0.2) is 11.2 Å². The van der Waals surface area contributed by atoms with Crippen molar-refractivity contribution in [2.24, 2.45) is 0 Å². The molecular formula is C20H26N2OS. The summed E-state index contributed by atoms with van der Waals surface area (Å²) in [6.45, 7) is 10.4. The minimum atomic E-state index is 0.140. The minimum absolute atomic E-state index is 0.140. The maximum Gasteiger partial charge on any atom is 0.171 e. The fourth-order valence-corrected chi connectivity index (χ4v) is 2.97. The maximum atomic E-state index is 5.71. The molecule has 2 aromatic carbocycles. The molecule has 0 spiro atoms. The highest BCUT2D eigenvalue weighted by Gasteiger charge is 2.10. The second-order valence-corrected chi connectivity index (χ2v) is 6.78. The molecule has 128 valence electrons. The van der Waals surface area contributed by atoms with Gasteiger partial charge in [-0.1, -0.05) is 29.8 Å². The molecule has 4 heteroatoms. The van der Waals surface area contributed by atoms with E-state index in [1.165, 1.54) is 16.7 Å². The first kappa shape index (κ1) is 18.3. The van der Waals surface area contributed by atoms with Crippen LogP contribution in [0.25, 0.3) is 0 Å². The second kappa shape index (κ2) is 8.15. The van der Waals surface area contributed by atoms with Crippen molar-refractivity contribution in [2.75, 3.05) is 5.32 Å². The van der Waals surface area contributed by atoms with Gasteiger partial charge in [0.1, 0.15) is 5.75 Å². The molecule has 2 N–H and O–H groups in total. The van der Waals surface area contributed by atoms with Gasteiger partial charge in [0.15, 0.2) is 5.11 Å². The summed E-state index contributed by atoms with van der Waals surface area (Å²) < 4.78 is 5.71. The molecule has 0 heterocycles. The Bertz CT molecular complexity index is 713. The monoisotopic (exact) mass is 342 g/mol. The van der Waals surface area contributed by atoms with Crippen LogP contribution < -0.4 is 15.4 Å². The zero-order valence-electron chi connectivity index (χ0n) is 15.0. The molecule has 1 atom stereocenters. The van der Waals surface area contributed by atoms with Crippen molar-refractivity contribution in [1.82, 2.24) is 5.32 Å². The highest BCUT2D eigenvalue weighted by atomic mass is 32.1. The molecule has 24 heavy (non-hydrogen) atoms. The van der Waals surface area contributed by atoms with Crippen molar-refractivity contribution >= 4 is 23.0 Å². The van der Waals surface area contributed by atoms with E-state index in [2.05, 4.69) is 49.6 Å². The Morgan fingerprint density at radius 2 is 1.79 bits per heavy atom. The van der Waals surface area contributed by atoms with Crippen molar-refractivity contribution in [3.63, 3.8) is 0 Å². The molecule has 1 unspecified atom stereocenters. The molecule has 0 bridgehead atoms. The van der Waals surface area contributed by atoms with Crippen LogP contribution in [-0.2, 0) is 0 Å². The number of hydrogen-bond donors (Lipinski definition) is 2. The van der Waals surface area contributed by atoms with Crippen LogP contribution >= 0.6 is 12.2 Å². The lowest BCUT2D eigenvalue weighted by Gasteiger charge is -2.20. The Labute approximate surface area is 150 Å². The van der Waals surface area contributed by atoms with Gasteiger partial charge < -0.3 is 15.4 Å². The lowest BCUT2D eigenvalue weighted by Crippen LogP contribution is -2.31. The van der Waals surface area contributed by atoms with E-state index in [9.17, 15) is 0 Å². The molecule has 0 saturated carbocycles. The number of benzene rings is 2. The molecule has 2 rings (SSSR count). The van der Waals surface area contributed by atoms with Crippen LogP contribution in [0.3, 0.4) is 0 Å². The van der Waals surface area contributed by atoms with E-state index in [-0.39, 0.29) is 12.1 Å². The third-order valence-corrected chi connectivity index (χ3v) is 3.92. The molecule has 0 aromatic heterocycles. The van der Waals surface area contributed by atoms with Crippen molar-refractivity contribution in [2.45, 2.75) is 46.8 Å². The summed E-state index contributed by atoms with van der Waals surface area (Å²) in [6, 6.07) is 14.4. The summed E-state index contributed by atoms with van der Waals surface area (Å²) in [7, 11) is 0. The van der Waals surface area contributed by atoms with Crippen molar-refractivity contribution in [1.29, 1.82) is 0 Å². The third kappa shape index (κ3) is 5.24. The van der Waals surface area contributed by atoms with Crippen LogP contribution in [0.4, 0.5) is 5.69 Å². The molecule has 2 aromatic rings. The van der Waals surface area contributed by atoms with Crippen molar-refractivity contribution in [3.8, 4) is 5.75 Å². The second-order valence-electron chi connectivity index (χ2n) is 6.37. The van der Waals surface area contributed by atoms with Gasteiger partial charge in [0.25, 0.3) is 0 Å². The average Bonchev–Trinajstić information content (AvgIpc) is 2.46. The van der Waals surface area contributed by atoms with Crippen LogP contribution in [0.15, 0.2) is 42.5 Å². The van der Waals surface area contributed by atoms with E-state index < -0.39 is 0 Å². The summed E-state index contributed by atoms with van der Waals surface area (Å²) in [5, 5.41) is 7.17. The van der Waals surface area contributed by atoms with Crippen LogP contribution in [0.2, 0.25) is 0 Å². The van der Waals surface area contributed by atoms with Gasteiger partial charge in [0, 0.05) is 11.8 Å². The van der Waals surface area contributed by atoms with Gasteiger partial charge in [-0.2, -0.15) is 0 Å². The molecule has 0 amide bonds. The SMILES string of the molecule is Cc1ccc(C(C)NC(=S)Nc2cccc(OC(C)C)c2)c(C)c1. The Balaban J connectivity index is 2.00. The first-order valence-corrected chi connectivity index (χ1v) is 8.67. The molecule has 0 radical (unpaired) electrons. The number of ether oxygens (including phenoxy) is 1. The Morgan fingerprint density at radius 3 is 2.46 bits per heavy atom. The van der Waals surface area contributed by atoms with Crippen LogP contribution in [0.1, 0.15) is 43.5 Å². The predicted molar refractivity (Wildman–Crippen MR) is 106 cm³/mol. The molecule has 0 aliphatic rings. The summed E-state index contributed by atoms with van der Waals surface area (Å²) in [5.74, 6) is 0.834. The van der Waals surface area contributed by atoms with E-state index >= 15 is 0 Å². The van der Waals surface area contributed by atoms with Crippen molar-refractivity contribution in [3.05, 3.63) is 59.2 Å². The van der Waals surface area contributed by atoms with Crippen LogP contribution in [0.5, 0.6) is 5.75 Å². The fraction of sp³-hybridized carbons (Fsp3) is 0.350. The van der Waals surface area contributed by atoms with Gasteiger partial charge in [0.2, 0.25) is 0 Å². The topological polar surface area (TPSA) is 33.3 Å². The van der Waals surface area contributed by atoms with Gasteiger partial charge in [-0.15, -0.1) is 0 Å².